The number of halogens is 2. The summed E-state index contributed by atoms with van der Waals surface area (Å²) < 4.78 is 38.7. The lowest BCUT2D eigenvalue weighted by atomic mass is 10.00. The minimum absolute atomic E-state index is 0. The van der Waals surface area contributed by atoms with Gasteiger partial charge in [0, 0.05) is 6.04 Å². The van der Waals surface area contributed by atoms with Crippen LogP contribution in [-0.4, -0.2) is 7.04 Å². The van der Waals surface area contributed by atoms with Gasteiger partial charge in [0.15, 0.2) is 0 Å². The van der Waals surface area contributed by atoms with Gasteiger partial charge in [-0.2, -0.15) is 0 Å². The summed E-state index contributed by atoms with van der Waals surface area (Å²) in [4.78, 5) is 0. The first-order valence-corrected chi connectivity index (χ1v) is 5.62. The van der Waals surface area contributed by atoms with Crippen LogP contribution >= 0.6 is 12.4 Å². The predicted octanol–water partition coefficient (Wildman–Crippen LogP) is 3.50. The molecule has 4 heteroatoms. The molecule has 0 amide bonds. The second-order valence-electron chi connectivity index (χ2n) is 4.11. The summed E-state index contributed by atoms with van der Waals surface area (Å²) in [6, 6.07) is 12.5. The van der Waals surface area contributed by atoms with Crippen molar-refractivity contribution in [2.75, 3.05) is 7.04 Å². The Morgan fingerprint density at radius 1 is 1.16 bits per heavy atom. The Kier molecular flexibility index (Phi) is 4.22. The highest BCUT2D eigenvalue weighted by molar-refractivity contribution is 5.85. The molecule has 0 radical (unpaired) electrons. The third-order valence-electron chi connectivity index (χ3n) is 2.79. The maximum absolute atomic E-state index is 12.8. The highest BCUT2D eigenvalue weighted by atomic mass is 35.5. The lowest BCUT2D eigenvalue weighted by Gasteiger charge is -2.12. The van der Waals surface area contributed by atoms with Crippen LogP contribution in [0.15, 0.2) is 48.5 Å². The van der Waals surface area contributed by atoms with Crippen LogP contribution in [0.5, 0.6) is 5.75 Å². The molecule has 0 fully saturated rings. The molecule has 0 aliphatic rings. The van der Waals surface area contributed by atoms with E-state index in [1.54, 1.807) is 36.4 Å². The summed E-state index contributed by atoms with van der Waals surface area (Å²) in [5.74, 6) is -0.00813. The molecule has 2 rings (SSSR count). The average molecular weight is 285 g/mol. The molecule has 0 spiro atoms. The minimum Gasteiger partial charge on any atom is -0.497 e. The lowest BCUT2D eigenvalue weighted by molar-refractivity contribution is 0.414. The van der Waals surface area contributed by atoms with Crippen molar-refractivity contribution in [1.82, 2.24) is 0 Å². The number of hydrogen-bond donors (Lipinski definition) is 1. The fraction of sp³-hybridized carbons (Fsp3) is 0.200. The Bertz CT molecular complexity index is 587. The van der Waals surface area contributed by atoms with E-state index in [4.69, 9.17) is 14.6 Å². The number of ether oxygens (including phenoxy) is 1. The summed E-state index contributed by atoms with van der Waals surface area (Å²) in [5, 5.41) is 0. The molecule has 0 saturated heterocycles. The number of nitrogens with two attached hydrogens (primary N) is 1. The van der Waals surface area contributed by atoms with Crippen molar-refractivity contribution in [3.8, 4) is 5.75 Å². The van der Waals surface area contributed by atoms with Gasteiger partial charge in [-0.05, 0) is 41.8 Å². The Balaban J connectivity index is 0.00000242. The van der Waals surface area contributed by atoms with Crippen LogP contribution in [0.4, 0.5) is 4.39 Å². The minimum atomic E-state index is -2.46. The smallest absolute Gasteiger partial charge is 0.123 e. The van der Waals surface area contributed by atoms with Gasteiger partial charge in [0.25, 0.3) is 0 Å². The predicted molar refractivity (Wildman–Crippen MR) is 77.3 cm³/mol. The molecular weight excluding hydrogens is 265 g/mol. The zero-order valence-corrected chi connectivity index (χ0v) is 11.0. The quantitative estimate of drug-likeness (QED) is 0.933. The van der Waals surface area contributed by atoms with Gasteiger partial charge in [0.2, 0.25) is 0 Å². The van der Waals surface area contributed by atoms with Gasteiger partial charge >= 0.3 is 0 Å². The number of methoxy groups -OCH3 is 1. The van der Waals surface area contributed by atoms with E-state index in [1.807, 2.05) is 0 Å². The second-order valence-corrected chi connectivity index (χ2v) is 4.11. The topological polar surface area (TPSA) is 35.2 Å². The van der Waals surface area contributed by atoms with E-state index in [0.717, 1.165) is 11.1 Å². The normalized spacial score (nSPS) is 14.5. The molecule has 19 heavy (non-hydrogen) atoms. The number of rotatable bonds is 4. The molecule has 0 aliphatic carbocycles. The van der Waals surface area contributed by atoms with E-state index < -0.39 is 7.04 Å². The van der Waals surface area contributed by atoms with Crippen LogP contribution < -0.4 is 10.5 Å². The summed E-state index contributed by atoms with van der Waals surface area (Å²) in [6.07, 6.45) is 0.569. The number of hydrogen-bond acceptors (Lipinski definition) is 2. The molecule has 2 nitrogen and oxygen atoms in total. The van der Waals surface area contributed by atoms with Crippen LogP contribution in [0.25, 0.3) is 0 Å². The molecule has 1 atom stereocenters. The fourth-order valence-corrected chi connectivity index (χ4v) is 1.78. The molecule has 2 aromatic rings. The first kappa shape index (κ1) is 11.3. The van der Waals surface area contributed by atoms with Gasteiger partial charge in [-0.25, -0.2) is 4.39 Å². The molecule has 0 heterocycles. The van der Waals surface area contributed by atoms with Gasteiger partial charge < -0.3 is 10.5 Å². The average Bonchev–Trinajstić information content (AvgIpc) is 2.40. The van der Waals surface area contributed by atoms with Gasteiger partial charge in [-0.1, -0.05) is 24.3 Å². The van der Waals surface area contributed by atoms with Crippen molar-refractivity contribution in [3.05, 3.63) is 65.5 Å². The van der Waals surface area contributed by atoms with Crippen molar-refractivity contribution in [2.45, 2.75) is 12.5 Å². The Morgan fingerprint density at radius 3 is 2.37 bits per heavy atom. The molecule has 0 bridgehead atoms. The molecule has 0 aromatic heterocycles. The zero-order chi connectivity index (χ0) is 15.5. The maximum Gasteiger partial charge on any atom is 0.123 e. The highest BCUT2D eigenvalue weighted by Crippen LogP contribution is 2.19. The van der Waals surface area contributed by atoms with E-state index in [2.05, 4.69) is 0 Å². The molecule has 0 saturated carbocycles. The van der Waals surface area contributed by atoms with E-state index in [9.17, 15) is 4.39 Å². The van der Waals surface area contributed by atoms with Crippen LogP contribution in [0.1, 0.15) is 21.3 Å². The van der Waals surface area contributed by atoms with Crippen molar-refractivity contribution in [2.24, 2.45) is 5.73 Å². The van der Waals surface area contributed by atoms with Gasteiger partial charge in [-0.3, -0.25) is 0 Å². The first-order chi connectivity index (χ1) is 9.83. The SMILES string of the molecule is Cl.[2H]C([2H])([2H])Oc1ccc(C(N)Cc2ccc(F)cc2)cc1. The fourth-order valence-electron chi connectivity index (χ4n) is 1.78. The number of benzene rings is 2. The third kappa shape index (κ3) is 4.23. The van der Waals surface area contributed by atoms with Crippen molar-refractivity contribution in [1.29, 1.82) is 0 Å². The largest absolute Gasteiger partial charge is 0.497 e. The molecular formula is C15H17ClFNO. The van der Waals surface area contributed by atoms with E-state index in [0.29, 0.717) is 6.42 Å². The molecule has 1 unspecified atom stereocenters. The lowest BCUT2D eigenvalue weighted by Crippen LogP contribution is -2.13. The highest BCUT2D eigenvalue weighted by Gasteiger charge is 2.07. The van der Waals surface area contributed by atoms with Crippen LogP contribution in [0.3, 0.4) is 0 Å². The van der Waals surface area contributed by atoms with Gasteiger partial charge in [0.1, 0.15) is 11.6 Å². The van der Waals surface area contributed by atoms with E-state index in [-0.39, 0.29) is 30.0 Å². The second kappa shape index (κ2) is 7.12. The summed E-state index contributed by atoms with van der Waals surface area (Å²) in [7, 11) is -2.46. The van der Waals surface area contributed by atoms with Crippen molar-refractivity contribution in [3.63, 3.8) is 0 Å². The Hall–Kier alpha value is -1.58. The van der Waals surface area contributed by atoms with Crippen LogP contribution in [0.2, 0.25) is 0 Å². The monoisotopic (exact) mass is 284 g/mol. The third-order valence-corrected chi connectivity index (χ3v) is 2.79. The Morgan fingerprint density at radius 2 is 1.79 bits per heavy atom. The van der Waals surface area contributed by atoms with E-state index >= 15 is 0 Å². The van der Waals surface area contributed by atoms with Crippen LogP contribution in [-0.2, 0) is 6.42 Å². The first-order valence-electron chi connectivity index (χ1n) is 7.12. The van der Waals surface area contributed by atoms with Crippen LogP contribution in [0, 0.1) is 5.82 Å². The summed E-state index contributed by atoms with van der Waals surface area (Å²) in [6.45, 7) is 0. The van der Waals surface area contributed by atoms with E-state index in [1.165, 1.54) is 12.1 Å². The molecule has 2 aromatic carbocycles. The maximum atomic E-state index is 12.8. The van der Waals surface area contributed by atoms with Crippen molar-refractivity contribution < 1.29 is 13.2 Å². The Labute approximate surface area is 123 Å². The summed E-state index contributed by atoms with van der Waals surface area (Å²) in [5.41, 5.74) is 7.89. The summed E-state index contributed by atoms with van der Waals surface area (Å²) >= 11 is 0. The molecule has 0 aliphatic heterocycles. The van der Waals surface area contributed by atoms with Gasteiger partial charge in [-0.15, -0.1) is 12.4 Å². The van der Waals surface area contributed by atoms with Gasteiger partial charge in [0.05, 0.1) is 11.2 Å². The zero-order valence-electron chi connectivity index (χ0n) is 13.2. The standard InChI is InChI=1S/C15H16FNO.ClH/c1-18-14-8-4-12(5-9-14)15(17)10-11-2-6-13(16)7-3-11;/h2-9,15H,10,17H2,1H3;1H/i1D3;. The van der Waals surface area contributed by atoms with Crippen molar-refractivity contribution >= 4 is 12.4 Å². The molecule has 102 valence electrons. The molecule has 2 N–H and O–H groups in total.